The molecule has 0 N–H and O–H groups in total. The zero-order valence-electron chi connectivity index (χ0n) is 8.74. The first-order valence-electron chi connectivity index (χ1n) is 4.87. The second-order valence-electron chi connectivity index (χ2n) is 3.45. The van der Waals surface area contributed by atoms with Gasteiger partial charge in [-0.25, -0.2) is 4.39 Å². The highest BCUT2D eigenvalue weighted by molar-refractivity contribution is 5.68. The van der Waals surface area contributed by atoms with E-state index >= 15 is 0 Å². The van der Waals surface area contributed by atoms with Gasteiger partial charge in [-0.2, -0.15) is 0 Å². The van der Waals surface area contributed by atoms with Crippen LogP contribution in [0.5, 0.6) is 0 Å². The van der Waals surface area contributed by atoms with Gasteiger partial charge in [-0.3, -0.25) is 0 Å². The van der Waals surface area contributed by atoms with E-state index in [2.05, 4.69) is 5.16 Å². The number of carbonyl (C=O) groups excluding carboxylic acids is 1. The summed E-state index contributed by atoms with van der Waals surface area (Å²) in [4.78, 5) is 10.5. The minimum Gasteiger partial charge on any atom is -0.361 e. The average molecular weight is 219 g/mol. The van der Waals surface area contributed by atoms with Gasteiger partial charge in [-0.1, -0.05) is 17.3 Å². The SMILES string of the molecule is Cc1onc(-c2cccc(F)c2)c1CC=O. The van der Waals surface area contributed by atoms with Crippen LogP contribution in [0.4, 0.5) is 4.39 Å². The molecule has 82 valence electrons. The van der Waals surface area contributed by atoms with Gasteiger partial charge >= 0.3 is 0 Å². The minimum absolute atomic E-state index is 0.223. The van der Waals surface area contributed by atoms with Gasteiger partial charge < -0.3 is 9.32 Å². The fourth-order valence-electron chi connectivity index (χ4n) is 1.58. The number of carbonyl (C=O) groups is 1. The first-order valence-corrected chi connectivity index (χ1v) is 4.87. The molecule has 2 aromatic rings. The third kappa shape index (κ3) is 1.86. The first kappa shape index (κ1) is 10.5. The lowest BCUT2D eigenvalue weighted by Crippen LogP contribution is -1.90. The van der Waals surface area contributed by atoms with E-state index in [-0.39, 0.29) is 12.2 Å². The van der Waals surface area contributed by atoms with Crippen molar-refractivity contribution in [3.05, 3.63) is 41.4 Å². The number of aryl methyl sites for hydroxylation is 1. The van der Waals surface area contributed by atoms with Crippen molar-refractivity contribution in [1.82, 2.24) is 5.16 Å². The highest BCUT2D eigenvalue weighted by Crippen LogP contribution is 2.25. The predicted molar refractivity (Wildman–Crippen MR) is 56.4 cm³/mol. The van der Waals surface area contributed by atoms with E-state index in [0.717, 1.165) is 6.29 Å². The van der Waals surface area contributed by atoms with Crippen molar-refractivity contribution in [3.63, 3.8) is 0 Å². The van der Waals surface area contributed by atoms with Crippen LogP contribution in [0, 0.1) is 12.7 Å². The molecule has 0 amide bonds. The van der Waals surface area contributed by atoms with E-state index in [1.54, 1.807) is 19.1 Å². The van der Waals surface area contributed by atoms with Crippen LogP contribution in [0.15, 0.2) is 28.8 Å². The lowest BCUT2D eigenvalue weighted by molar-refractivity contribution is -0.107. The number of nitrogens with zero attached hydrogens (tertiary/aromatic N) is 1. The van der Waals surface area contributed by atoms with Crippen LogP contribution in [0.2, 0.25) is 0 Å². The number of halogens is 1. The monoisotopic (exact) mass is 219 g/mol. The summed E-state index contributed by atoms with van der Waals surface area (Å²) >= 11 is 0. The molecule has 0 aliphatic rings. The normalized spacial score (nSPS) is 10.4. The molecular formula is C12H10FNO2. The Bertz CT molecular complexity index is 519. The average Bonchev–Trinajstić information content (AvgIpc) is 2.61. The number of hydrogen-bond acceptors (Lipinski definition) is 3. The molecule has 1 aromatic heterocycles. The third-order valence-corrected chi connectivity index (χ3v) is 2.37. The summed E-state index contributed by atoms with van der Waals surface area (Å²) in [6, 6.07) is 6.05. The van der Waals surface area contributed by atoms with Crippen molar-refractivity contribution in [2.24, 2.45) is 0 Å². The molecule has 0 unspecified atom stereocenters. The van der Waals surface area contributed by atoms with Crippen molar-refractivity contribution in [3.8, 4) is 11.3 Å². The van der Waals surface area contributed by atoms with Crippen LogP contribution >= 0.6 is 0 Å². The Morgan fingerprint density at radius 1 is 1.50 bits per heavy atom. The topological polar surface area (TPSA) is 43.1 Å². The Labute approximate surface area is 91.9 Å². The van der Waals surface area contributed by atoms with Crippen molar-refractivity contribution >= 4 is 6.29 Å². The Morgan fingerprint density at radius 2 is 2.31 bits per heavy atom. The maximum atomic E-state index is 13.0. The van der Waals surface area contributed by atoms with Gasteiger partial charge in [0.15, 0.2) is 0 Å². The van der Waals surface area contributed by atoms with E-state index < -0.39 is 0 Å². The van der Waals surface area contributed by atoms with Gasteiger partial charge in [0, 0.05) is 17.5 Å². The molecule has 2 rings (SSSR count). The molecule has 0 aliphatic carbocycles. The van der Waals surface area contributed by atoms with Crippen LogP contribution in [-0.4, -0.2) is 11.4 Å². The number of benzene rings is 1. The Morgan fingerprint density at radius 3 is 3.00 bits per heavy atom. The van der Waals surface area contributed by atoms with Crippen LogP contribution in [0.25, 0.3) is 11.3 Å². The van der Waals surface area contributed by atoms with E-state index in [1.165, 1.54) is 12.1 Å². The summed E-state index contributed by atoms with van der Waals surface area (Å²) in [5.74, 6) is 0.251. The van der Waals surface area contributed by atoms with E-state index in [1.807, 2.05) is 0 Å². The lowest BCUT2D eigenvalue weighted by Gasteiger charge is -1.98. The van der Waals surface area contributed by atoms with Crippen LogP contribution in [0.3, 0.4) is 0 Å². The van der Waals surface area contributed by atoms with Crippen LogP contribution in [-0.2, 0) is 11.2 Å². The van der Waals surface area contributed by atoms with E-state index in [0.29, 0.717) is 22.6 Å². The van der Waals surface area contributed by atoms with Gasteiger partial charge in [0.2, 0.25) is 0 Å². The van der Waals surface area contributed by atoms with Gasteiger partial charge in [0.25, 0.3) is 0 Å². The highest BCUT2D eigenvalue weighted by Gasteiger charge is 2.14. The van der Waals surface area contributed by atoms with Crippen molar-refractivity contribution in [2.75, 3.05) is 0 Å². The van der Waals surface area contributed by atoms with Crippen LogP contribution in [0.1, 0.15) is 11.3 Å². The number of aromatic nitrogens is 1. The third-order valence-electron chi connectivity index (χ3n) is 2.37. The lowest BCUT2D eigenvalue weighted by atomic mass is 10.0. The maximum Gasteiger partial charge on any atom is 0.137 e. The molecule has 4 heteroatoms. The summed E-state index contributed by atoms with van der Waals surface area (Å²) in [6.07, 6.45) is 1.00. The van der Waals surface area contributed by atoms with Gasteiger partial charge in [0.1, 0.15) is 23.6 Å². The Balaban J connectivity index is 2.51. The molecule has 0 aliphatic heterocycles. The van der Waals surface area contributed by atoms with E-state index in [9.17, 15) is 9.18 Å². The fraction of sp³-hybridized carbons (Fsp3) is 0.167. The second-order valence-corrected chi connectivity index (χ2v) is 3.45. The molecule has 0 atom stereocenters. The van der Waals surface area contributed by atoms with Crippen molar-refractivity contribution in [2.45, 2.75) is 13.3 Å². The first-order chi connectivity index (χ1) is 7.72. The molecule has 0 fully saturated rings. The second kappa shape index (κ2) is 4.26. The van der Waals surface area contributed by atoms with Gasteiger partial charge in [0.05, 0.1) is 0 Å². The molecule has 0 saturated heterocycles. The molecule has 1 aromatic carbocycles. The summed E-state index contributed by atoms with van der Waals surface area (Å²) in [7, 11) is 0. The molecule has 3 nitrogen and oxygen atoms in total. The molecule has 1 heterocycles. The number of rotatable bonds is 3. The molecule has 0 bridgehead atoms. The predicted octanol–water partition coefficient (Wildman–Crippen LogP) is 2.53. The summed E-state index contributed by atoms with van der Waals surface area (Å²) in [5.41, 5.74) is 1.86. The maximum absolute atomic E-state index is 13.0. The summed E-state index contributed by atoms with van der Waals surface area (Å²) in [6.45, 7) is 1.73. The smallest absolute Gasteiger partial charge is 0.137 e. The largest absolute Gasteiger partial charge is 0.361 e. The summed E-state index contributed by atoms with van der Waals surface area (Å²) < 4.78 is 18.1. The highest BCUT2D eigenvalue weighted by atomic mass is 19.1. The Hall–Kier alpha value is -1.97. The molecule has 0 radical (unpaired) electrons. The van der Waals surface area contributed by atoms with Crippen molar-refractivity contribution < 1.29 is 13.7 Å². The molecular weight excluding hydrogens is 209 g/mol. The zero-order chi connectivity index (χ0) is 11.5. The van der Waals surface area contributed by atoms with Gasteiger partial charge in [-0.05, 0) is 19.1 Å². The number of aldehydes is 1. The van der Waals surface area contributed by atoms with Crippen LogP contribution < -0.4 is 0 Å². The van der Waals surface area contributed by atoms with Gasteiger partial charge in [-0.15, -0.1) is 0 Å². The number of hydrogen-bond donors (Lipinski definition) is 0. The fourth-order valence-corrected chi connectivity index (χ4v) is 1.58. The minimum atomic E-state index is -0.338. The van der Waals surface area contributed by atoms with E-state index in [4.69, 9.17) is 4.52 Å². The molecule has 0 saturated carbocycles. The quantitative estimate of drug-likeness (QED) is 0.745. The zero-order valence-corrected chi connectivity index (χ0v) is 8.74. The summed E-state index contributed by atoms with van der Waals surface area (Å²) in [5, 5.41) is 3.85. The molecule has 0 spiro atoms. The molecule has 16 heavy (non-hydrogen) atoms. The van der Waals surface area contributed by atoms with Crippen molar-refractivity contribution in [1.29, 1.82) is 0 Å². The standard InChI is InChI=1S/C12H10FNO2/c1-8-11(5-6-15)12(14-16-8)9-3-2-4-10(13)7-9/h2-4,6-7H,5H2,1H3. The Kier molecular flexibility index (Phi) is 2.81.